The Morgan fingerprint density at radius 3 is 2.07 bits per heavy atom. The Hall–Kier alpha value is -3.00. The van der Waals surface area contributed by atoms with Gasteiger partial charge in [0.1, 0.15) is 11.4 Å². The van der Waals surface area contributed by atoms with E-state index in [-0.39, 0.29) is 30.1 Å². The molecule has 2 unspecified atom stereocenters. The van der Waals surface area contributed by atoms with Crippen LogP contribution in [0.1, 0.15) is 97.7 Å². The van der Waals surface area contributed by atoms with Crippen LogP contribution in [0, 0.1) is 0 Å². The van der Waals surface area contributed by atoms with Crippen molar-refractivity contribution in [2.45, 2.75) is 78.0 Å². The Labute approximate surface area is 273 Å². The number of unbranched alkanes of at least 4 members (excludes halogenated alkanes) is 1. The van der Waals surface area contributed by atoms with Gasteiger partial charge in [-0.15, -0.1) is 0 Å². The fourth-order valence-electron chi connectivity index (χ4n) is 5.18. The van der Waals surface area contributed by atoms with Crippen LogP contribution in [0.5, 0.6) is 0 Å². The highest BCUT2D eigenvalue weighted by molar-refractivity contribution is 5.85. The van der Waals surface area contributed by atoms with Crippen LogP contribution in [0.4, 0.5) is 0 Å². The number of hydrogen-bond donors (Lipinski definition) is 3. The molecular formula is C34H54N4O8. The van der Waals surface area contributed by atoms with Gasteiger partial charge in [0.15, 0.2) is 0 Å². The molecule has 0 saturated carbocycles. The van der Waals surface area contributed by atoms with E-state index in [2.05, 4.69) is 40.5 Å². The van der Waals surface area contributed by atoms with Gasteiger partial charge in [-0.3, -0.25) is 9.80 Å². The summed E-state index contributed by atoms with van der Waals surface area (Å²) in [6.07, 6.45) is 6.02. The number of rotatable bonds is 27. The van der Waals surface area contributed by atoms with Crippen LogP contribution in [0.15, 0.2) is 36.4 Å². The molecule has 0 amide bonds. The molecule has 0 bridgehead atoms. The van der Waals surface area contributed by atoms with Gasteiger partial charge in [-0.25, -0.2) is 19.6 Å². The minimum atomic E-state index is -1.06. The fraction of sp³-hybridized carbons (Fsp3) is 0.647. The number of carboxylic acid groups (broad SMARTS) is 2. The minimum Gasteiger partial charge on any atom is -0.477 e. The zero-order valence-corrected chi connectivity index (χ0v) is 27.8. The molecule has 2 heterocycles. The van der Waals surface area contributed by atoms with E-state index in [1.54, 1.807) is 12.1 Å². The lowest BCUT2D eigenvalue weighted by Crippen LogP contribution is -2.35. The summed E-state index contributed by atoms with van der Waals surface area (Å²) in [4.78, 5) is 35.8. The van der Waals surface area contributed by atoms with E-state index in [4.69, 9.17) is 14.2 Å². The summed E-state index contributed by atoms with van der Waals surface area (Å²) in [5.41, 5.74) is 1.39. The zero-order valence-electron chi connectivity index (χ0n) is 27.8. The molecule has 0 aliphatic rings. The molecule has 0 radical (unpaired) electrons. The number of carboxylic acids is 2. The first-order valence-corrected chi connectivity index (χ1v) is 16.6. The Bertz CT molecular complexity index is 1140. The van der Waals surface area contributed by atoms with Crippen LogP contribution in [0.25, 0.3) is 0 Å². The minimum absolute atomic E-state index is 0.00845. The fourth-order valence-corrected chi connectivity index (χ4v) is 5.18. The van der Waals surface area contributed by atoms with Crippen molar-refractivity contribution in [3.05, 3.63) is 59.2 Å². The Morgan fingerprint density at radius 1 is 0.783 bits per heavy atom. The quantitative estimate of drug-likeness (QED) is 0.117. The third-order valence-corrected chi connectivity index (χ3v) is 7.68. The molecule has 2 aromatic heterocycles. The third-order valence-electron chi connectivity index (χ3n) is 7.68. The van der Waals surface area contributed by atoms with E-state index >= 15 is 0 Å². The molecule has 0 fully saturated rings. The summed E-state index contributed by atoms with van der Waals surface area (Å²) in [6, 6.07) is 9.93. The lowest BCUT2D eigenvalue weighted by atomic mass is 10.0. The number of ether oxygens (including phenoxy) is 3. The number of aromatic nitrogens is 2. The van der Waals surface area contributed by atoms with Crippen LogP contribution >= 0.6 is 0 Å². The molecule has 0 spiro atoms. The van der Waals surface area contributed by atoms with Gasteiger partial charge in [0.2, 0.25) is 0 Å². The topological polar surface area (TPSA) is 155 Å². The predicted molar refractivity (Wildman–Crippen MR) is 175 cm³/mol. The van der Waals surface area contributed by atoms with Gasteiger partial charge in [-0.05, 0) is 43.5 Å². The number of nitrogens with zero attached hydrogens (tertiary/aromatic N) is 4. The van der Waals surface area contributed by atoms with E-state index < -0.39 is 11.9 Å². The van der Waals surface area contributed by atoms with Gasteiger partial charge in [0.05, 0.1) is 63.2 Å². The first-order chi connectivity index (χ1) is 22.3. The maximum Gasteiger partial charge on any atom is 0.354 e. The molecule has 3 N–H and O–H groups in total. The molecule has 0 aliphatic carbocycles. The summed E-state index contributed by atoms with van der Waals surface area (Å²) in [5.74, 6) is -2.11. The maximum atomic E-state index is 11.5. The number of pyridine rings is 2. The second kappa shape index (κ2) is 23.3. The monoisotopic (exact) mass is 646 g/mol. The lowest BCUT2D eigenvalue weighted by molar-refractivity contribution is 0.00985. The van der Waals surface area contributed by atoms with Gasteiger partial charge < -0.3 is 29.5 Å². The van der Waals surface area contributed by atoms with Crippen molar-refractivity contribution in [3.63, 3.8) is 0 Å². The first-order valence-electron chi connectivity index (χ1n) is 16.6. The Morgan fingerprint density at radius 2 is 1.43 bits per heavy atom. The molecular weight excluding hydrogens is 592 g/mol. The molecule has 2 aromatic rings. The van der Waals surface area contributed by atoms with Crippen molar-refractivity contribution >= 4 is 11.9 Å². The van der Waals surface area contributed by atoms with E-state index in [1.807, 2.05) is 12.1 Å². The second-order valence-electron chi connectivity index (χ2n) is 11.2. The van der Waals surface area contributed by atoms with Crippen molar-refractivity contribution in [3.8, 4) is 0 Å². The Kier molecular flexibility index (Phi) is 19.9. The van der Waals surface area contributed by atoms with Gasteiger partial charge >= 0.3 is 11.9 Å². The van der Waals surface area contributed by atoms with E-state index in [0.29, 0.717) is 77.1 Å². The second-order valence-corrected chi connectivity index (χ2v) is 11.2. The van der Waals surface area contributed by atoms with Gasteiger partial charge in [0.25, 0.3) is 0 Å². The molecule has 2 atom stereocenters. The van der Waals surface area contributed by atoms with Crippen LogP contribution < -0.4 is 0 Å². The average molecular weight is 647 g/mol. The van der Waals surface area contributed by atoms with Gasteiger partial charge in [-0.1, -0.05) is 52.2 Å². The van der Waals surface area contributed by atoms with Crippen molar-refractivity contribution in [1.82, 2.24) is 19.8 Å². The highest BCUT2D eigenvalue weighted by atomic mass is 16.5. The Balaban J connectivity index is 1.85. The van der Waals surface area contributed by atoms with Gasteiger partial charge in [-0.2, -0.15) is 0 Å². The normalized spacial score (nSPS) is 12.9. The first kappa shape index (κ1) is 39.2. The van der Waals surface area contributed by atoms with Gasteiger partial charge in [0, 0.05) is 32.7 Å². The standard InChI is InChI=1S/C34H54N4O8/c1-4-7-15-32(29-12-9-14-31(36-29)34(42)43)38(16-20-39)19-22-45-25-24-44-21-17-37(18-23-46-28(6-3)10-5-2)26-27-11-8-13-30(35-27)33(40)41/h8-9,11-14,28,32,39H,4-7,10,15-26H2,1-3H3,(H,40,41)(H,42,43). The van der Waals surface area contributed by atoms with Crippen LogP contribution in [-0.4, -0.2) is 119 Å². The van der Waals surface area contributed by atoms with E-state index in [1.165, 1.54) is 12.1 Å². The summed E-state index contributed by atoms with van der Waals surface area (Å²) >= 11 is 0. The van der Waals surface area contributed by atoms with Crippen molar-refractivity contribution in [1.29, 1.82) is 0 Å². The summed E-state index contributed by atoms with van der Waals surface area (Å²) < 4.78 is 17.8. The van der Waals surface area contributed by atoms with E-state index in [0.717, 1.165) is 38.5 Å². The third kappa shape index (κ3) is 15.1. The molecule has 0 aromatic carbocycles. The highest BCUT2D eigenvalue weighted by Crippen LogP contribution is 2.25. The molecule has 46 heavy (non-hydrogen) atoms. The van der Waals surface area contributed by atoms with Crippen LogP contribution in [0.2, 0.25) is 0 Å². The number of hydrogen-bond acceptors (Lipinski definition) is 10. The smallest absolute Gasteiger partial charge is 0.354 e. The highest BCUT2D eigenvalue weighted by Gasteiger charge is 2.22. The molecule has 0 saturated heterocycles. The molecule has 12 nitrogen and oxygen atoms in total. The number of carbonyl (C=O) groups is 2. The van der Waals surface area contributed by atoms with E-state index in [9.17, 15) is 24.9 Å². The van der Waals surface area contributed by atoms with Crippen molar-refractivity contribution < 1.29 is 39.1 Å². The summed E-state index contributed by atoms with van der Waals surface area (Å²) in [7, 11) is 0. The maximum absolute atomic E-state index is 11.5. The van der Waals surface area contributed by atoms with Crippen LogP contribution in [-0.2, 0) is 20.8 Å². The predicted octanol–water partition coefficient (Wildman–Crippen LogP) is 4.53. The summed E-state index contributed by atoms with van der Waals surface area (Å²) in [6.45, 7) is 11.4. The molecule has 12 heteroatoms. The van der Waals surface area contributed by atoms with Crippen molar-refractivity contribution in [2.24, 2.45) is 0 Å². The lowest BCUT2D eigenvalue weighted by Gasteiger charge is -2.31. The summed E-state index contributed by atoms with van der Waals surface area (Å²) in [5, 5.41) is 28.5. The number of aliphatic hydroxyl groups is 1. The number of aromatic carboxylic acids is 2. The molecule has 2 rings (SSSR count). The molecule has 0 aliphatic heterocycles. The largest absolute Gasteiger partial charge is 0.477 e. The molecule has 258 valence electrons. The SMILES string of the molecule is CCCCC(c1cccc(C(=O)O)n1)N(CCO)CCOCCOCCN(CCOC(CC)CCC)Cc1cccc(C(=O)O)n1. The van der Waals surface area contributed by atoms with Crippen LogP contribution in [0.3, 0.4) is 0 Å². The average Bonchev–Trinajstić information content (AvgIpc) is 3.05. The van der Waals surface area contributed by atoms with Crippen molar-refractivity contribution in [2.75, 3.05) is 65.8 Å². The number of aliphatic hydroxyl groups excluding tert-OH is 1. The zero-order chi connectivity index (χ0) is 33.6.